The van der Waals surface area contributed by atoms with E-state index in [-0.39, 0.29) is 35.9 Å². The van der Waals surface area contributed by atoms with Crippen molar-refractivity contribution in [1.82, 2.24) is 14.0 Å². The lowest BCUT2D eigenvalue weighted by Gasteiger charge is -2.36. The van der Waals surface area contributed by atoms with Gasteiger partial charge in [-0.05, 0) is 20.3 Å². The van der Waals surface area contributed by atoms with Gasteiger partial charge in [-0.25, -0.2) is 4.79 Å². The predicted molar refractivity (Wildman–Crippen MR) is 91.4 cm³/mol. The van der Waals surface area contributed by atoms with E-state index in [0.717, 1.165) is 4.57 Å². The first kappa shape index (κ1) is 18.4. The van der Waals surface area contributed by atoms with E-state index in [4.69, 9.17) is 10.5 Å². The molecule has 0 aromatic carbocycles. The number of aromatic nitrogens is 2. The number of hydrogen-bond acceptors (Lipinski definition) is 6. The minimum Gasteiger partial charge on any atom is -0.384 e. The smallest absolute Gasteiger partial charge is 0.332 e. The molecule has 2 N–H and O–H groups in total. The Morgan fingerprint density at radius 3 is 2.62 bits per heavy atom. The highest BCUT2D eigenvalue weighted by atomic mass is 16.5. The molecule has 2 unspecified atom stereocenters. The first-order chi connectivity index (χ1) is 11.3. The number of carbonyl (C=O) groups is 1. The van der Waals surface area contributed by atoms with Gasteiger partial charge in [-0.3, -0.25) is 23.6 Å². The second-order valence-corrected chi connectivity index (χ2v) is 6.40. The third-order valence-electron chi connectivity index (χ3n) is 4.39. The van der Waals surface area contributed by atoms with Crippen LogP contribution in [0, 0.1) is 0 Å². The maximum Gasteiger partial charge on any atom is 0.332 e. The summed E-state index contributed by atoms with van der Waals surface area (Å²) in [6, 6.07) is 0.0803. The molecule has 2 heterocycles. The molecule has 1 aliphatic heterocycles. The van der Waals surface area contributed by atoms with Crippen molar-refractivity contribution in [2.45, 2.75) is 45.9 Å². The lowest BCUT2D eigenvalue weighted by atomic mass is 10.1. The third-order valence-corrected chi connectivity index (χ3v) is 4.39. The van der Waals surface area contributed by atoms with E-state index >= 15 is 0 Å². The quantitative estimate of drug-likeness (QED) is 0.749. The van der Waals surface area contributed by atoms with Gasteiger partial charge in [-0.15, -0.1) is 0 Å². The van der Waals surface area contributed by atoms with Gasteiger partial charge in [-0.2, -0.15) is 0 Å². The average Bonchev–Trinajstić information content (AvgIpc) is 2.53. The fraction of sp³-hybridized carbons (Fsp3) is 0.688. The van der Waals surface area contributed by atoms with Gasteiger partial charge in [0.2, 0.25) is 0 Å². The number of rotatable bonds is 5. The number of nitrogens with zero attached hydrogens (tertiary/aromatic N) is 3. The minimum atomic E-state index is -0.635. The van der Waals surface area contributed by atoms with Crippen LogP contribution in [0.1, 0.15) is 37.6 Å². The van der Waals surface area contributed by atoms with Crippen molar-refractivity contribution in [3.8, 4) is 0 Å². The standard InChI is InChI=1S/C16H26N4O4/c1-5-6-20-14(17)13(15(22)18(4)16(20)23)12(21)8-19-7-11(3)24-9-10(19)2/h10-11H,5-9,17H2,1-4H3. The Balaban J connectivity index is 2.39. The van der Waals surface area contributed by atoms with E-state index in [2.05, 4.69) is 0 Å². The topological polar surface area (TPSA) is 99.6 Å². The molecule has 0 saturated carbocycles. The highest BCUT2D eigenvalue weighted by Crippen LogP contribution is 2.13. The maximum absolute atomic E-state index is 12.7. The monoisotopic (exact) mass is 338 g/mol. The van der Waals surface area contributed by atoms with Crippen molar-refractivity contribution in [3.63, 3.8) is 0 Å². The Labute approximate surface area is 140 Å². The summed E-state index contributed by atoms with van der Waals surface area (Å²) in [6.45, 7) is 7.41. The molecule has 0 aliphatic carbocycles. The van der Waals surface area contributed by atoms with Crippen LogP contribution in [0.4, 0.5) is 5.82 Å². The molecule has 0 bridgehead atoms. The number of nitrogen functional groups attached to an aromatic ring is 1. The van der Waals surface area contributed by atoms with Crippen LogP contribution < -0.4 is 17.0 Å². The van der Waals surface area contributed by atoms with E-state index in [0.29, 0.717) is 26.1 Å². The molecule has 2 atom stereocenters. The zero-order valence-electron chi connectivity index (χ0n) is 14.7. The molecular weight excluding hydrogens is 312 g/mol. The second-order valence-electron chi connectivity index (χ2n) is 6.40. The molecule has 1 saturated heterocycles. The van der Waals surface area contributed by atoms with Crippen LogP contribution in [-0.4, -0.2) is 51.7 Å². The van der Waals surface area contributed by atoms with Gasteiger partial charge in [0.15, 0.2) is 5.78 Å². The van der Waals surface area contributed by atoms with Crippen LogP contribution in [-0.2, 0) is 18.3 Å². The highest BCUT2D eigenvalue weighted by Gasteiger charge is 2.28. The van der Waals surface area contributed by atoms with Crippen molar-refractivity contribution in [1.29, 1.82) is 0 Å². The number of ketones is 1. The summed E-state index contributed by atoms with van der Waals surface area (Å²) >= 11 is 0. The number of anilines is 1. The molecule has 0 spiro atoms. The second kappa shape index (κ2) is 7.31. The van der Waals surface area contributed by atoms with E-state index in [1.807, 2.05) is 25.7 Å². The summed E-state index contributed by atoms with van der Waals surface area (Å²) in [5.74, 6) is -0.400. The van der Waals surface area contributed by atoms with Crippen molar-refractivity contribution in [3.05, 3.63) is 26.4 Å². The van der Waals surface area contributed by atoms with Gasteiger partial charge in [0, 0.05) is 26.2 Å². The van der Waals surface area contributed by atoms with Gasteiger partial charge in [0.25, 0.3) is 5.56 Å². The molecule has 134 valence electrons. The predicted octanol–water partition coefficient (Wildman–Crippen LogP) is -0.169. The number of ether oxygens (including phenoxy) is 1. The molecule has 24 heavy (non-hydrogen) atoms. The van der Waals surface area contributed by atoms with Gasteiger partial charge >= 0.3 is 5.69 Å². The molecular formula is C16H26N4O4. The average molecular weight is 338 g/mol. The first-order valence-electron chi connectivity index (χ1n) is 8.26. The number of carbonyl (C=O) groups excluding carboxylic acids is 1. The normalized spacial score (nSPS) is 21.8. The van der Waals surface area contributed by atoms with Crippen molar-refractivity contribution in [2.24, 2.45) is 7.05 Å². The van der Waals surface area contributed by atoms with Crippen LogP contribution in [0.2, 0.25) is 0 Å². The molecule has 1 aromatic rings. The summed E-state index contributed by atoms with van der Waals surface area (Å²) in [7, 11) is 1.37. The number of nitrogens with two attached hydrogens (primary N) is 1. The van der Waals surface area contributed by atoms with Crippen molar-refractivity contribution < 1.29 is 9.53 Å². The van der Waals surface area contributed by atoms with Gasteiger partial charge in [-0.1, -0.05) is 6.92 Å². The van der Waals surface area contributed by atoms with Crippen LogP contribution in [0.15, 0.2) is 9.59 Å². The van der Waals surface area contributed by atoms with Crippen LogP contribution in [0.3, 0.4) is 0 Å². The number of Topliss-reactive ketones (excluding diaryl/α,β-unsaturated/α-hetero) is 1. The van der Waals surface area contributed by atoms with Gasteiger partial charge in [0.05, 0.1) is 19.3 Å². The summed E-state index contributed by atoms with van der Waals surface area (Å²) in [4.78, 5) is 39.3. The van der Waals surface area contributed by atoms with Crippen LogP contribution >= 0.6 is 0 Å². The summed E-state index contributed by atoms with van der Waals surface area (Å²) in [5, 5.41) is 0. The van der Waals surface area contributed by atoms with E-state index in [1.165, 1.54) is 11.6 Å². The van der Waals surface area contributed by atoms with E-state index in [1.54, 1.807) is 0 Å². The lowest BCUT2D eigenvalue weighted by Crippen LogP contribution is -2.50. The van der Waals surface area contributed by atoms with Crippen LogP contribution in [0.5, 0.6) is 0 Å². The largest absolute Gasteiger partial charge is 0.384 e. The SMILES string of the molecule is CCCn1c(N)c(C(=O)CN2CC(C)OCC2C)c(=O)n(C)c1=O. The van der Waals surface area contributed by atoms with Crippen molar-refractivity contribution >= 4 is 11.6 Å². The molecule has 2 rings (SSSR count). The van der Waals surface area contributed by atoms with E-state index in [9.17, 15) is 14.4 Å². The zero-order chi connectivity index (χ0) is 18.0. The Hall–Kier alpha value is -1.93. The molecule has 1 aliphatic rings. The first-order valence-corrected chi connectivity index (χ1v) is 8.26. The summed E-state index contributed by atoms with van der Waals surface area (Å²) in [6.07, 6.45) is 0.705. The fourth-order valence-electron chi connectivity index (χ4n) is 2.94. The molecule has 0 amide bonds. The van der Waals surface area contributed by atoms with Gasteiger partial charge in [0.1, 0.15) is 11.4 Å². The lowest BCUT2D eigenvalue weighted by molar-refractivity contribution is -0.0460. The van der Waals surface area contributed by atoms with Crippen LogP contribution in [0.25, 0.3) is 0 Å². The Bertz CT molecular complexity index is 737. The number of hydrogen-bond donors (Lipinski definition) is 1. The minimum absolute atomic E-state index is 0.0308. The van der Waals surface area contributed by atoms with Gasteiger partial charge < -0.3 is 10.5 Å². The molecule has 1 fully saturated rings. The van der Waals surface area contributed by atoms with Crippen molar-refractivity contribution in [2.75, 3.05) is 25.4 Å². The summed E-state index contributed by atoms with van der Waals surface area (Å²) < 4.78 is 7.79. The molecule has 1 aromatic heterocycles. The maximum atomic E-state index is 12.7. The zero-order valence-corrected chi connectivity index (χ0v) is 14.7. The van der Waals surface area contributed by atoms with E-state index < -0.39 is 11.2 Å². The molecule has 8 nitrogen and oxygen atoms in total. The highest BCUT2D eigenvalue weighted by molar-refractivity contribution is 6.01. The third kappa shape index (κ3) is 3.44. The summed E-state index contributed by atoms with van der Waals surface area (Å²) in [5.41, 5.74) is 4.76. The Morgan fingerprint density at radius 2 is 2.00 bits per heavy atom. The Kier molecular flexibility index (Phi) is 5.61. The molecule has 0 radical (unpaired) electrons. The fourth-order valence-corrected chi connectivity index (χ4v) is 2.94. The number of morpholine rings is 1. The Morgan fingerprint density at radius 1 is 1.33 bits per heavy atom. The molecule has 8 heteroatoms.